The zero-order valence-corrected chi connectivity index (χ0v) is 11.5. The molecule has 0 saturated heterocycles. The summed E-state index contributed by atoms with van der Waals surface area (Å²) in [6, 6.07) is 6.43. The van der Waals surface area contributed by atoms with Crippen molar-refractivity contribution < 1.29 is 0 Å². The normalized spacial score (nSPS) is 15.4. The van der Waals surface area contributed by atoms with Crippen molar-refractivity contribution in [1.82, 2.24) is 0 Å². The van der Waals surface area contributed by atoms with Crippen LogP contribution in [0.15, 0.2) is 23.2 Å². The second kappa shape index (κ2) is 5.45. The Balaban J connectivity index is 2.16. The number of aryl methyl sites for hydroxylation is 1. The van der Waals surface area contributed by atoms with Crippen LogP contribution in [0.1, 0.15) is 12.0 Å². The topological polar surface area (TPSA) is 27.6 Å². The van der Waals surface area contributed by atoms with Gasteiger partial charge in [-0.3, -0.25) is 4.99 Å². The smallest absolute Gasteiger partial charge is 0.161 e. The van der Waals surface area contributed by atoms with Crippen molar-refractivity contribution in [1.29, 1.82) is 0 Å². The molecular weight excluding hydrogens is 230 g/mol. The van der Waals surface area contributed by atoms with Gasteiger partial charge in [0.15, 0.2) is 5.17 Å². The zero-order valence-electron chi connectivity index (χ0n) is 10.7. The van der Waals surface area contributed by atoms with Crippen LogP contribution in [0.3, 0.4) is 0 Å². The van der Waals surface area contributed by atoms with Gasteiger partial charge < -0.3 is 10.2 Å². The van der Waals surface area contributed by atoms with Crippen molar-refractivity contribution in [2.24, 2.45) is 4.99 Å². The van der Waals surface area contributed by atoms with E-state index >= 15 is 0 Å². The quantitative estimate of drug-likeness (QED) is 0.873. The van der Waals surface area contributed by atoms with E-state index < -0.39 is 0 Å². The molecule has 1 N–H and O–H groups in total. The largest absolute Gasteiger partial charge is 0.377 e. The summed E-state index contributed by atoms with van der Waals surface area (Å²) < 4.78 is 0. The highest BCUT2D eigenvalue weighted by Gasteiger charge is 2.07. The summed E-state index contributed by atoms with van der Waals surface area (Å²) in [5.74, 6) is 1.16. The molecule has 17 heavy (non-hydrogen) atoms. The van der Waals surface area contributed by atoms with Gasteiger partial charge in [-0.2, -0.15) is 0 Å². The lowest BCUT2D eigenvalue weighted by atomic mass is 10.1. The van der Waals surface area contributed by atoms with E-state index in [-0.39, 0.29) is 0 Å². The Morgan fingerprint density at radius 2 is 2.18 bits per heavy atom. The Labute approximate surface area is 107 Å². The molecule has 1 heterocycles. The average Bonchev–Trinajstić information content (AvgIpc) is 2.32. The molecule has 0 amide bonds. The molecule has 1 aliphatic rings. The van der Waals surface area contributed by atoms with E-state index in [1.165, 1.54) is 17.7 Å². The molecule has 2 rings (SSSR count). The standard InChI is InChI=1S/C13H19N3S/c1-10-5-6-11(9-12(10)16(2)3)15-13-14-7-4-8-17-13/h5-6,9H,4,7-8H2,1-3H3,(H,14,15). The van der Waals surface area contributed by atoms with Crippen molar-refractivity contribution in [3.63, 3.8) is 0 Å². The maximum absolute atomic E-state index is 4.48. The van der Waals surface area contributed by atoms with Crippen LogP contribution in [0.5, 0.6) is 0 Å². The summed E-state index contributed by atoms with van der Waals surface area (Å²) in [5.41, 5.74) is 3.66. The van der Waals surface area contributed by atoms with Crippen LogP contribution in [0.4, 0.5) is 11.4 Å². The minimum atomic E-state index is 0.946. The third kappa shape index (κ3) is 3.16. The highest BCUT2D eigenvalue weighted by molar-refractivity contribution is 8.14. The predicted molar refractivity (Wildman–Crippen MR) is 78.5 cm³/mol. The molecule has 0 unspecified atom stereocenters. The SMILES string of the molecule is Cc1ccc(NC2=NCCCS2)cc1N(C)C. The number of aliphatic imine (C=N–C) groups is 1. The first kappa shape index (κ1) is 12.3. The van der Waals surface area contributed by atoms with Gasteiger partial charge in [-0.25, -0.2) is 0 Å². The van der Waals surface area contributed by atoms with Crippen LogP contribution in [-0.2, 0) is 0 Å². The van der Waals surface area contributed by atoms with Gasteiger partial charge in [-0.05, 0) is 31.0 Å². The number of benzene rings is 1. The van der Waals surface area contributed by atoms with Gasteiger partial charge in [0.1, 0.15) is 0 Å². The molecule has 1 aromatic carbocycles. The number of nitrogens with zero attached hydrogens (tertiary/aromatic N) is 2. The number of anilines is 2. The fraction of sp³-hybridized carbons (Fsp3) is 0.462. The van der Waals surface area contributed by atoms with Crippen molar-refractivity contribution in [3.8, 4) is 0 Å². The van der Waals surface area contributed by atoms with Gasteiger partial charge in [0.05, 0.1) is 0 Å². The first-order valence-corrected chi connectivity index (χ1v) is 6.87. The molecule has 92 valence electrons. The number of amidine groups is 1. The van der Waals surface area contributed by atoms with Crippen molar-refractivity contribution >= 4 is 28.3 Å². The van der Waals surface area contributed by atoms with Crippen molar-refractivity contribution in [3.05, 3.63) is 23.8 Å². The Bertz CT molecular complexity index is 427. The lowest BCUT2D eigenvalue weighted by molar-refractivity contribution is 0.938. The fourth-order valence-corrected chi connectivity index (χ4v) is 2.67. The molecule has 0 saturated carbocycles. The average molecular weight is 249 g/mol. The number of nitrogens with one attached hydrogen (secondary N) is 1. The maximum Gasteiger partial charge on any atom is 0.161 e. The first-order valence-electron chi connectivity index (χ1n) is 5.89. The van der Waals surface area contributed by atoms with E-state index in [1.54, 1.807) is 11.8 Å². The van der Waals surface area contributed by atoms with E-state index in [1.807, 2.05) is 0 Å². The van der Waals surface area contributed by atoms with Crippen LogP contribution < -0.4 is 10.2 Å². The highest BCUT2D eigenvalue weighted by Crippen LogP contribution is 2.24. The monoisotopic (exact) mass is 249 g/mol. The summed E-state index contributed by atoms with van der Waals surface area (Å²) in [6.07, 6.45) is 1.19. The van der Waals surface area contributed by atoms with Gasteiger partial charge in [-0.1, -0.05) is 17.8 Å². The third-order valence-electron chi connectivity index (χ3n) is 2.74. The van der Waals surface area contributed by atoms with E-state index in [4.69, 9.17) is 0 Å². The van der Waals surface area contributed by atoms with E-state index in [2.05, 4.69) is 54.4 Å². The van der Waals surface area contributed by atoms with Gasteiger partial charge in [0, 0.05) is 37.8 Å². The molecule has 0 bridgehead atoms. The Kier molecular flexibility index (Phi) is 3.94. The van der Waals surface area contributed by atoms with Crippen LogP contribution in [0.25, 0.3) is 0 Å². The van der Waals surface area contributed by atoms with Crippen molar-refractivity contribution in [2.45, 2.75) is 13.3 Å². The number of hydrogen-bond donors (Lipinski definition) is 1. The molecule has 3 nitrogen and oxygen atoms in total. The van der Waals surface area contributed by atoms with Crippen LogP contribution >= 0.6 is 11.8 Å². The Morgan fingerprint density at radius 3 is 2.82 bits per heavy atom. The second-order valence-electron chi connectivity index (χ2n) is 4.41. The van der Waals surface area contributed by atoms with Crippen LogP contribution in [0.2, 0.25) is 0 Å². The summed E-state index contributed by atoms with van der Waals surface area (Å²) in [7, 11) is 4.14. The highest BCUT2D eigenvalue weighted by atomic mass is 32.2. The van der Waals surface area contributed by atoms with Gasteiger partial charge in [0.25, 0.3) is 0 Å². The molecule has 0 aromatic heterocycles. The van der Waals surface area contributed by atoms with E-state index in [0.29, 0.717) is 0 Å². The second-order valence-corrected chi connectivity index (χ2v) is 5.49. The molecule has 0 aliphatic carbocycles. The lowest BCUT2D eigenvalue weighted by Crippen LogP contribution is -2.15. The van der Waals surface area contributed by atoms with E-state index in [9.17, 15) is 0 Å². The fourth-order valence-electron chi connectivity index (χ4n) is 1.83. The molecule has 1 aliphatic heterocycles. The minimum absolute atomic E-state index is 0.946. The molecule has 0 atom stereocenters. The Morgan fingerprint density at radius 1 is 1.35 bits per heavy atom. The molecule has 0 fully saturated rings. The number of rotatable bonds is 2. The third-order valence-corrected chi connectivity index (χ3v) is 3.74. The lowest BCUT2D eigenvalue weighted by Gasteiger charge is -2.18. The summed E-state index contributed by atoms with van der Waals surface area (Å²) in [4.78, 5) is 6.61. The minimum Gasteiger partial charge on any atom is -0.377 e. The molecule has 4 heteroatoms. The summed E-state index contributed by atoms with van der Waals surface area (Å²) in [5, 5.41) is 4.44. The van der Waals surface area contributed by atoms with Crippen molar-refractivity contribution in [2.75, 3.05) is 36.6 Å². The molecule has 0 radical (unpaired) electrons. The van der Waals surface area contributed by atoms with Gasteiger partial charge >= 0.3 is 0 Å². The summed E-state index contributed by atoms with van der Waals surface area (Å²) >= 11 is 1.80. The van der Waals surface area contributed by atoms with Gasteiger partial charge in [0.2, 0.25) is 0 Å². The predicted octanol–water partition coefficient (Wildman–Crippen LogP) is 2.97. The number of thioether (sulfide) groups is 1. The summed E-state index contributed by atoms with van der Waals surface area (Å²) in [6.45, 7) is 3.08. The Hall–Kier alpha value is -1.16. The first-order chi connectivity index (χ1) is 8.16. The molecule has 0 spiro atoms. The zero-order chi connectivity index (χ0) is 12.3. The molecule has 1 aromatic rings. The van der Waals surface area contributed by atoms with Crippen LogP contribution in [-0.4, -0.2) is 31.6 Å². The van der Waals surface area contributed by atoms with Gasteiger partial charge in [-0.15, -0.1) is 0 Å². The molecular formula is C13H19N3S. The maximum atomic E-state index is 4.48. The van der Waals surface area contributed by atoms with Crippen LogP contribution in [0, 0.1) is 6.92 Å². The van der Waals surface area contributed by atoms with E-state index in [0.717, 1.165) is 23.2 Å². The number of hydrogen-bond acceptors (Lipinski definition) is 4.